The molecule has 2 N–H and O–H groups in total. The van der Waals surface area contributed by atoms with E-state index >= 15 is 0 Å². The number of carbonyl (C=O) groups excluding carboxylic acids is 1. The van der Waals surface area contributed by atoms with Gasteiger partial charge in [-0.15, -0.1) is 0 Å². The Balaban J connectivity index is 2.53. The van der Waals surface area contributed by atoms with Crippen LogP contribution in [-0.2, 0) is 9.59 Å². The second-order valence-corrected chi connectivity index (χ2v) is 5.64. The third-order valence-corrected chi connectivity index (χ3v) is 2.80. The SMILES string of the molecule is Cc1cc(Cl)ccc1OCC(=O)NC(C)(C)CC(=O)O. The smallest absolute Gasteiger partial charge is 0.305 e. The van der Waals surface area contributed by atoms with Crippen LogP contribution in [0, 0.1) is 6.92 Å². The second-order valence-electron chi connectivity index (χ2n) is 5.20. The molecule has 110 valence electrons. The molecule has 6 heteroatoms. The third kappa shape index (κ3) is 5.48. The highest BCUT2D eigenvalue weighted by molar-refractivity contribution is 6.30. The molecular weight excluding hydrogens is 282 g/mol. The van der Waals surface area contributed by atoms with E-state index in [1.54, 1.807) is 32.0 Å². The lowest BCUT2D eigenvalue weighted by Crippen LogP contribution is -2.46. The topological polar surface area (TPSA) is 75.6 Å². The molecule has 0 spiro atoms. The van der Waals surface area contributed by atoms with Gasteiger partial charge in [-0.3, -0.25) is 9.59 Å². The largest absolute Gasteiger partial charge is 0.484 e. The normalized spacial score (nSPS) is 11.0. The maximum Gasteiger partial charge on any atom is 0.305 e. The lowest BCUT2D eigenvalue weighted by molar-refractivity contribution is -0.138. The number of aryl methyl sites for hydroxylation is 1. The lowest BCUT2D eigenvalue weighted by atomic mass is 10.0. The predicted octanol–water partition coefficient (Wildman–Crippen LogP) is 2.40. The molecule has 1 amide bonds. The van der Waals surface area contributed by atoms with Crippen molar-refractivity contribution in [3.63, 3.8) is 0 Å². The highest BCUT2D eigenvalue weighted by Gasteiger charge is 2.23. The van der Waals surface area contributed by atoms with Crippen LogP contribution in [0.3, 0.4) is 0 Å². The Labute approximate surface area is 122 Å². The van der Waals surface area contributed by atoms with Crippen molar-refractivity contribution in [3.05, 3.63) is 28.8 Å². The zero-order chi connectivity index (χ0) is 15.3. The number of ether oxygens (including phenoxy) is 1. The molecule has 0 radical (unpaired) electrons. The van der Waals surface area contributed by atoms with Crippen LogP contribution in [0.5, 0.6) is 5.75 Å². The van der Waals surface area contributed by atoms with E-state index in [9.17, 15) is 9.59 Å². The molecule has 0 aromatic heterocycles. The number of carboxylic acid groups (broad SMARTS) is 1. The number of hydrogen-bond acceptors (Lipinski definition) is 3. The summed E-state index contributed by atoms with van der Waals surface area (Å²) in [6.07, 6.45) is -0.154. The van der Waals surface area contributed by atoms with E-state index < -0.39 is 11.5 Å². The Morgan fingerprint density at radius 1 is 1.40 bits per heavy atom. The molecule has 0 saturated heterocycles. The van der Waals surface area contributed by atoms with Gasteiger partial charge in [0.05, 0.1) is 6.42 Å². The highest BCUT2D eigenvalue weighted by Crippen LogP contribution is 2.21. The number of carboxylic acids is 1. The first-order valence-corrected chi connectivity index (χ1v) is 6.49. The summed E-state index contributed by atoms with van der Waals surface area (Å²) in [5.41, 5.74) is 0.0107. The summed E-state index contributed by atoms with van der Waals surface area (Å²) < 4.78 is 5.39. The minimum absolute atomic E-state index is 0.154. The van der Waals surface area contributed by atoms with E-state index in [1.165, 1.54) is 0 Å². The van der Waals surface area contributed by atoms with Crippen LogP contribution >= 0.6 is 11.6 Å². The molecule has 0 atom stereocenters. The number of benzene rings is 1. The summed E-state index contributed by atoms with van der Waals surface area (Å²) in [6.45, 7) is 4.94. The number of carbonyl (C=O) groups is 2. The number of rotatable bonds is 6. The first-order chi connectivity index (χ1) is 9.19. The summed E-state index contributed by atoms with van der Waals surface area (Å²) in [5.74, 6) is -0.768. The molecule has 0 fully saturated rings. The van der Waals surface area contributed by atoms with Gasteiger partial charge in [-0.25, -0.2) is 0 Å². The molecule has 20 heavy (non-hydrogen) atoms. The van der Waals surface area contributed by atoms with Crippen molar-refractivity contribution in [3.8, 4) is 5.75 Å². The summed E-state index contributed by atoms with van der Waals surface area (Å²) in [4.78, 5) is 22.4. The van der Waals surface area contributed by atoms with Crippen molar-refractivity contribution < 1.29 is 19.4 Å². The Bertz CT molecular complexity index is 514. The Hall–Kier alpha value is -1.75. The molecular formula is C14H18ClNO4. The van der Waals surface area contributed by atoms with Crippen LogP contribution in [0.2, 0.25) is 5.02 Å². The van der Waals surface area contributed by atoms with Crippen LogP contribution in [0.1, 0.15) is 25.8 Å². The molecule has 1 aromatic rings. The fraction of sp³-hybridized carbons (Fsp3) is 0.429. The van der Waals surface area contributed by atoms with E-state index in [0.717, 1.165) is 5.56 Å². The Morgan fingerprint density at radius 2 is 2.05 bits per heavy atom. The summed E-state index contributed by atoms with van der Waals surface area (Å²) in [7, 11) is 0. The maximum atomic E-state index is 11.7. The number of hydrogen-bond donors (Lipinski definition) is 2. The zero-order valence-corrected chi connectivity index (χ0v) is 12.5. The third-order valence-electron chi connectivity index (χ3n) is 2.57. The van der Waals surface area contributed by atoms with Gasteiger partial charge in [-0.05, 0) is 44.5 Å². The average Bonchev–Trinajstić information content (AvgIpc) is 2.24. The molecule has 0 aliphatic carbocycles. The fourth-order valence-corrected chi connectivity index (χ4v) is 1.98. The summed E-state index contributed by atoms with van der Waals surface area (Å²) in [6, 6.07) is 5.10. The van der Waals surface area contributed by atoms with Crippen LogP contribution < -0.4 is 10.1 Å². The van der Waals surface area contributed by atoms with E-state index in [2.05, 4.69) is 5.32 Å². The van der Waals surface area contributed by atoms with Gasteiger partial charge in [0.15, 0.2) is 6.61 Å². The minimum atomic E-state index is -0.968. The van der Waals surface area contributed by atoms with E-state index in [4.69, 9.17) is 21.4 Å². The quantitative estimate of drug-likeness (QED) is 0.846. The fourth-order valence-electron chi connectivity index (χ4n) is 1.75. The summed E-state index contributed by atoms with van der Waals surface area (Å²) in [5, 5.41) is 12.0. The van der Waals surface area contributed by atoms with Crippen molar-refractivity contribution in [2.75, 3.05) is 6.61 Å². The van der Waals surface area contributed by atoms with Gasteiger partial charge >= 0.3 is 5.97 Å². The van der Waals surface area contributed by atoms with Crippen molar-refractivity contribution in [2.45, 2.75) is 32.7 Å². The number of nitrogens with one attached hydrogen (secondary N) is 1. The van der Waals surface area contributed by atoms with Crippen LogP contribution in [0.15, 0.2) is 18.2 Å². The molecule has 1 aromatic carbocycles. The zero-order valence-electron chi connectivity index (χ0n) is 11.7. The molecule has 0 saturated carbocycles. The number of halogens is 1. The second kappa shape index (κ2) is 6.61. The van der Waals surface area contributed by atoms with Crippen LogP contribution in [-0.4, -0.2) is 29.1 Å². The van der Waals surface area contributed by atoms with Gasteiger partial charge in [0.2, 0.25) is 0 Å². The minimum Gasteiger partial charge on any atom is -0.484 e. The van der Waals surface area contributed by atoms with Crippen molar-refractivity contribution in [1.29, 1.82) is 0 Å². The first-order valence-electron chi connectivity index (χ1n) is 6.11. The van der Waals surface area contributed by atoms with Crippen molar-refractivity contribution in [2.24, 2.45) is 0 Å². The van der Waals surface area contributed by atoms with E-state index in [0.29, 0.717) is 10.8 Å². The van der Waals surface area contributed by atoms with Crippen molar-refractivity contribution in [1.82, 2.24) is 5.32 Å². The standard InChI is InChI=1S/C14H18ClNO4/c1-9-6-10(15)4-5-11(9)20-8-12(17)16-14(2,3)7-13(18)19/h4-6H,7-8H2,1-3H3,(H,16,17)(H,18,19). The predicted molar refractivity (Wildman–Crippen MR) is 76.2 cm³/mol. The van der Waals surface area contributed by atoms with Gasteiger partial charge in [0.1, 0.15) is 5.75 Å². The van der Waals surface area contributed by atoms with Gasteiger partial charge < -0.3 is 15.2 Å². The summed E-state index contributed by atoms with van der Waals surface area (Å²) >= 11 is 5.82. The van der Waals surface area contributed by atoms with Crippen LogP contribution in [0.25, 0.3) is 0 Å². The number of amides is 1. The molecule has 0 unspecified atom stereocenters. The van der Waals surface area contributed by atoms with Gasteiger partial charge in [0, 0.05) is 10.6 Å². The molecule has 0 heterocycles. The first kappa shape index (κ1) is 16.3. The lowest BCUT2D eigenvalue weighted by Gasteiger charge is -2.24. The Kier molecular flexibility index (Phi) is 5.39. The van der Waals surface area contributed by atoms with E-state index in [-0.39, 0.29) is 18.9 Å². The highest BCUT2D eigenvalue weighted by atomic mass is 35.5. The van der Waals surface area contributed by atoms with Crippen LogP contribution in [0.4, 0.5) is 0 Å². The Morgan fingerprint density at radius 3 is 2.60 bits per heavy atom. The van der Waals surface area contributed by atoms with Gasteiger partial charge in [-0.2, -0.15) is 0 Å². The molecule has 0 bridgehead atoms. The monoisotopic (exact) mass is 299 g/mol. The van der Waals surface area contributed by atoms with Gasteiger partial charge in [-0.1, -0.05) is 11.6 Å². The van der Waals surface area contributed by atoms with Gasteiger partial charge in [0.25, 0.3) is 5.91 Å². The maximum absolute atomic E-state index is 11.7. The van der Waals surface area contributed by atoms with Crippen molar-refractivity contribution >= 4 is 23.5 Å². The number of aliphatic carboxylic acids is 1. The van der Waals surface area contributed by atoms with E-state index in [1.807, 2.05) is 6.92 Å². The molecule has 0 aliphatic rings. The molecule has 0 aliphatic heterocycles. The average molecular weight is 300 g/mol. The molecule has 1 rings (SSSR count). The molecule has 5 nitrogen and oxygen atoms in total.